The van der Waals surface area contributed by atoms with Gasteiger partial charge in [0.1, 0.15) is 0 Å². The Hall–Kier alpha value is -2.00. The van der Waals surface area contributed by atoms with Gasteiger partial charge in [0, 0.05) is 23.7 Å². The molecule has 0 spiro atoms. The number of hydrogen-bond acceptors (Lipinski definition) is 6. The Morgan fingerprint density at radius 1 is 1.09 bits per heavy atom. The number of aromatic nitrogens is 1. The van der Waals surface area contributed by atoms with E-state index in [0.717, 1.165) is 28.9 Å². The lowest BCUT2D eigenvalue weighted by Gasteiger charge is -2.25. The van der Waals surface area contributed by atoms with Crippen molar-refractivity contribution in [1.82, 2.24) is 9.88 Å². The summed E-state index contributed by atoms with van der Waals surface area (Å²) in [4.78, 5) is 22.4. The van der Waals surface area contributed by atoms with Crippen LogP contribution in [0.25, 0.3) is 10.2 Å². The Labute approximate surface area is 198 Å². The number of anilines is 1. The Kier molecular flexibility index (Phi) is 7.92. The maximum atomic E-state index is 13.6. The number of likely N-dealkylation sites (N-methyl/N-ethyl adjacent to an activating group) is 1. The molecule has 0 N–H and O–H groups in total. The molecule has 0 bridgehead atoms. The van der Waals surface area contributed by atoms with Crippen LogP contribution in [0.3, 0.4) is 0 Å². The normalized spacial score (nSPS) is 11.9. The van der Waals surface area contributed by atoms with Crippen molar-refractivity contribution in [1.29, 1.82) is 0 Å². The van der Waals surface area contributed by atoms with Crippen LogP contribution in [0.1, 0.15) is 36.7 Å². The predicted octanol–water partition coefficient (Wildman–Crippen LogP) is 5.04. The molecule has 0 unspecified atom stereocenters. The van der Waals surface area contributed by atoms with Gasteiger partial charge in [-0.25, -0.2) is 13.4 Å². The number of rotatable bonds is 9. The fourth-order valence-electron chi connectivity index (χ4n) is 3.41. The largest absolute Gasteiger partial charge is 0.302 e. The Morgan fingerprint density at radius 3 is 2.47 bits per heavy atom. The van der Waals surface area contributed by atoms with E-state index in [9.17, 15) is 13.2 Å². The zero-order valence-electron chi connectivity index (χ0n) is 18.8. The molecule has 3 aromatic rings. The molecule has 3 rings (SSSR count). The van der Waals surface area contributed by atoms with Crippen LogP contribution in [-0.4, -0.2) is 56.1 Å². The third kappa shape index (κ3) is 5.14. The lowest BCUT2D eigenvalue weighted by atomic mass is 10.2. The Morgan fingerprint density at radius 2 is 1.81 bits per heavy atom. The van der Waals surface area contributed by atoms with E-state index in [1.165, 1.54) is 23.5 Å². The van der Waals surface area contributed by atoms with Gasteiger partial charge < -0.3 is 4.90 Å². The molecule has 172 valence electrons. The number of halogens is 1. The van der Waals surface area contributed by atoms with Gasteiger partial charge in [0.2, 0.25) is 0 Å². The van der Waals surface area contributed by atoms with Gasteiger partial charge in [-0.15, -0.1) is 0 Å². The highest BCUT2D eigenvalue weighted by molar-refractivity contribution is 7.91. The lowest BCUT2D eigenvalue weighted by molar-refractivity contribution is 0.0983. The quantitative estimate of drug-likeness (QED) is 0.417. The summed E-state index contributed by atoms with van der Waals surface area (Å²) >= 11 is 7.70. The molecule has 1 heterocycles. The standard InChI is InChI=1S/C23H28ClN3O3S2/c1-5-26(6-2)13-14-27(23-25-21-16(4)19(24)11-12-20(21)31-23)22(28)17-9-8-10-18(15-17)32(29,30)7-3/h8-12,15H,5-7,13-14H2,1-4H3. The van der Waals surface area contributed by atoms with Crippen molar-refractivity contribution >= 4 is 54.0 Å². The molecule has 0 aliphatic carbocycles. The number of carbonyl (C=O) groups is 1. The van der Waals surface area contributed by atoms with Crippen LogP contribution in [0, 0.1) is 6.92 Å². The van der Waals surface area contributed by atoms with Gasteiger partial charge in [0.15, 0.2) is 15.0 Å². The highest BCUT2D eigenvalue weighted by atomic mass is 35.5. The second-order valence-electron chi connectivity index (χ2n) is 7.43. The third-order valence-electron chi connectivity index (χ3n) is 5.57. The molecule has 1 aromatic heterocycles. The van der Waals surface area contributed by atoms with Crippen molar-refractivity contribution in [3.05, 3.63) is 52.5 Å². The molecular weight excluding hydrogens is 466 g/mol. The highest BCUT2D eigenvalue weighted by Gasteiger charge is 2.24. The molecule has 0 aliphatic rings. The first-order valence-electron chi connectivity index (χ1n) is 10.6. The number of thiazole rings is 1. The average Bonchev–Trinajstić information content (AvgIpc) is 3.23. The first-order valence-corrected chi connectivity index (χ1v) is 13.5. The van der Waals surface area contributed by atoms with E-state index in [2.05, 4.69) is 18.7 Å². The molecule has 2 aromatic carbocycles. The number of benzene rings is 2. The molecule has 0 fully saturated rings. The van der Waals surface area contributed by atoms with Crippen LogP contribution in [0.4, 0.5) is 5.13 Å². The van der Waals surface area contributed by atoms with Crippen LogP contribution in [-0.2, 0) is 9.84 Å². The summed E-state index contributed by atoms with van der Waals surface area (Å²) in [6.07, 6.45) is 0. The zero-order chi connectivity index (χ0) is 23.5. The smallest absolute Gasteiger partial charge is 0.260 e. The van der Waals surface area contributed by atoms with Crippen molar-refractivity contribution in [3.63, 3.8) is 0 Å². The van der Waals surface area contributed by atoms with Crippen molar-refractivity contribution < 1.29 is 13.2 Å². The molecule has 0 saturated heterocycles. The summed E-state index contributed by atoms with van der Waals surface area (Å²) in [7, 11) is -3.42. The molecule has 0 saturated carbocycles. The van der Waals surface area contributed by atoms with Crippen molar-refractivity contribution in [2.75, 3.05) is 36.8 Å². The van der Waals surface area contributed by atoms with E-state index in [1.807, 2.05) is 19.1 Å². The number of sulfone groups is 1. The van der Waals surface area contributed by atoms with Gasteiger partial charge >= 0.3 is 0 Å². The predicted molar refractivity (Wildman–Crippen MR) is 133 cm³/mol. The first kappa shape index (κ1) is 24.6. The summed E-state index contributed by atoms with van der Waals surface area (Å²) in [5, 5.41) is 1.21. The van der Waals surface area contributed by atoms with Crippen LogP contribution in [0.2, 0.25) is 5.02 Å². The maximum absolute atomic E-state index is 13.6. The van der Waals surface area contributed by atoms with E-state index < -0.39 is 9.84 Å². The van der Waals surface area contributed by atoms with E-state index in [0.29, 0.717) is 28.8 Å². The van der Waals surface area contributed by atoms with Gasteiger partial charge in [-0.1, -0.05) is 49.8 Å². The topological polar surface area (TPSA) is 70.6 Å². The second-order valence-corrected chi connectivity index (χ2v) is 11.1. The molecule has 0 radical (unpaired) electrons. The van der Waals surface area contributed by atoms with Crippen molar-refractivity contribution in [3.8, 4) is 0 Å². The molecular formula is C23H28ClN3O3S2. The van der Waals surface area contributed by atoms with Gasteiger partial charge in [-0.3, -0.25) is 9.69 Å². The van der Waals surface area contributed by atoms with Gasteiger partial charge in [0.05, 0.1) is 20.9 Å². The Bertz CT molecular complexity index is 1220. The van der Waals surface area contributed by atoms with E-state index in [-0.39, 0.29) is 16.6 Å². The summed E-state index contributed by atoms with van der Waals surface area (Å²) < 4.78 is 25.6. The summed E-state index contributed by atoms with van der Waals surface area (Å²) in [5.74, 6) is -0.290. The van der Waals surface area contributed by atoms with Crippen molar-refractivity contribution in [2.24, 2.45) is 0 Å². The second kappa shape index (κ2) is 10.3. The van der Waals surface area contributed by atoms with Gasteiger partial charge in [0.25, 0.3) is 5.91 Å². The minimum Gasteiger partial charge on any atom is -0.302 e. The number of amides is 1. The summed E-state index contributed by atoms with van der Waals surface area (Å²) in [6.45, 7) is 10.5. The fraction of sp³-hybridized carbons (Fsp3) is 0.391. The highest BCUT2D eigenvalue weighted by Crippen LogP contribution is 2.34. The number of carbonyl (C=O) groups excluding carboxylic acids is 1. The average molecular weight is 494 g/mol. The summed E-state index contributed by atoms with van der Waals surface area (Å²) in [6, 6.07) is 9.99. The first-order chi connectivity index (χ1) is 15.2. The Balaban J connectivity index is 2.04. The van der Waals surface area contributed by atoms with Crippen LogP contribution in [0.15, 0.2) is 41.3 Å². The van der Waals surface area contributed by atoms with Crippen LogP contribution >= 0.6 is 22.9 Å². The minimum absolute atomic E-state index is 0.0196. The molecule has 0 aliphatic heterocycles. The fourth-order valence-corrected chi connectivity index (χ4v) is 5.54. The molecule has 32 heavy (non-hydrogen) atoms. The minimum atomic E-state index is -3.42. The van der Waals surface area contributed by atoms with Gasteiger partial charge in [-0.2, -0.15) is 0 Å². The maximum Gasteiger partial charge on any atom is 0.260 e. The van der Waals surface area contributed by atoms with E-state index in [1.54, 1.807) is 24.0 Å². The van der Waals surface area contributed by atoms with E-state index >= 15 is 0 Å². The SMILES string of the molecule is CCN(CC)CCN(C(=O)c1cccc(S(=O)(=O)CC)c1)c1nc2c(C)c(Cl)ccc2s1. The van der Waals surface area contributed by atoms with Crippen LogP contribution < -0.4 is 4.90 Å². The molecule has 9 heteroatoms. The monoisotopic (exact) mass is 493 g/mol. The number of fused-ring (bicyclic) bond motifs is 1. The molecule has 0 atom stereocenters. The van der Waals surface area contributed by atoms with Gasteiger partial charge in [-0.05, 0) is 55.9 Å². The molecule has 6 nitrogen and oxygen atoms in total. The number of aryl methyl sites for hydroxylation is 1. The molecule has 1 amide bonds. The van der Waals surface area contributed by atoms with E-state index in [4.69, 9.17) is 16.6 Å². The zero-order valence-corrected chi connectivity index (χ0v) is 21.1. The van der Waals surface area contributed by atoms with Crippen LogP contribution in [0.5, 0.6) is 0 Å². The summed E-state index contributed by atoms with van der Waals surface area (Å²) in [5.41, 5.74) is 1.98. The van der Waals surface area contributed by atoms with Crippen molar-refractivity contribution in [2.45, 2.75) is 32.6 Å². The number of nitrogens with zero attached hydrogens (tertiary/aromatic N) is 3. The lowest BCUT2D eigenvalue weighted by Crippen LogP contribution is -2.39. The third-order valence-corrected chi connectivity index (χ3v) is 8.75. The number of hydrogen-bond donors (Lipinski definition) is 0.